The van der Waals surface area contributed by atoms with Crippen LogP contribution in [0.15, 0.2) is 28.8 Å². The van der Waals surface area contributed by atoms with Crippen LogP contribution in [0.4, 0.5) is 5.69 Å². The molecule has 1 heterocycles. The van der Waals surface area contributed by atoms with E-state index in [2.05, 4.69) is 4.98 Å². The smallest absolute Gasteiger partial charge is 0.283 e. The highest BCUT2D eigenvalue weighted by atomic mass is 35.5. The fraction of sp³-hybridized carbons (Fsp3) is 0.100. The van der Waals surface area contributed by atoms with Gasteiger partial charge in [0.1, 0.15) is 11.3 Å². The summed E-state index contributed by atoms with van der Waals surface area (Å²) < 4.78 is 5.24. The van der Waals surface area contributed by atoms with E-state index in [9.17, 15) is 10.1 Å². The lowest BCUT2D eigenvalue weighted by molar-refractivity contribution is -0.384. The first-order chi connectivity index (χ1) is 7.59. The minimum Gasteiger partial charge on any atom is -0.441 e. The number of nitrogens with zero attached hydrogens (tertiary/aromatic N) is 2. The molecule has 0 atom stereocenters. The molecule has 82 valence electrons. The predicted octanol–water partition coefficient (Wildman–Crippen LogP) is 3.21. The van der Waals surface area contributed by atoms with Gasteiger partial charge in [-0.3, -0.25) is 10.1 Å². The molecule has 2 rings (SSSR count). The van der Waals surface area contributed by atoms with Crippen LogP contribution in [0.3, 0.4) is 0 Å². The third-order valence-electron chi connectivity index (χ3n) is 2.02. The minimum atomic E-state index is -0.513. The van der Waals surface area contributed by atoms with E-state index in [0.717, 1.165) is 0 Å². The highest BCUT2D eigenvalue weighted by Gasteiger charge is 2.21. The maximum absolute atomic E-state index is 10.8. The Balaban J connectivity index is 2.67. The molecule has 0 saturated carbocycles. The highest BCUT2D eigenvalue weighted by molar-refractivity contribution is 6.33. The molecule has 1 aromatic heterocycles. The van der Waals surface area contributed by atoms with Gasteiger partial charge in [0.25, 0.3) is 5.69 Å². The van der Waals surface area contributed by atoms with Crippen LogP contribution in [0.2, 0.25) is 5.02 Å². The Morgan fingerprint density at radius 2 is 2.25 bits per heavy atom. The third-order valence-corrected chi connectivity index (χ3v) is 2.34. The predicted molar refractivity (Wildman–Crippen MR) is 58.3 cm³/mol. The Morgan fingerprint density at radius 3 is 2.81 bits per heavy atom. The van der Waals surface area contributed by atoms with Crippen LogP contribution >= 0.6 is 11.6 Å². The molecule has 0 N–H and O–H groups in total. The Morgan fingerprint density at radius 1 is 1.50 bits per heavy atom. The highest BCUT2D eigenvalue weighted by Crippen LogP contribution is 2.35. The van der Waals surface area contributed by atoms with Crippen LogP contribution in [0, 0.1) is 17.0 Å². The first-order valence-corrected chi connectivity index (χ1v) is 4.83. The zero-order valence-electron chi connectivity index (χ0n) is 8.31. The van der Waals surface area contributed by atoms with Crippen molar-refractivity contribution in [3.63, 3.8) is 0 Å². The summed E-state index contributed by atoms with van der Waals surface area (Å²) in [5, 5.41) is 11.1. The second kappa shape index (κ2) is 3.94. The van der Waals surface area contributed by atoms with Gasteiger partial charge in [-0.05, 0) is 13.0 Å². The van der Waals surface area contributed by atoms with E-state index < -0.39 is 4.92 Å². The summed E-state index contributed by atoms with van der Waals surface area (Å²) in [7, 11) is 0. The van der Waals surface area contributed by atoms with Crippen LogP contribution in [0.5, 0.6) is 0 Å². The monoisotopic (exact) mass is 238 g/mol. The van der Waals surface area contributed by atoms with E-state index in [0.29, 0.717) is 5.76 Å². The zero-order chi connectivity index (χ0) is 11.7. The second-order valence-corrected chi connectivity index (χ2v) is 3.57. The number of aryl methyl sites for hydroxylation is 1. The molecule has 0 spiro atoms. The van der Waals surface area contributed by atoms with Crippen LogP contribution < -0.4 is 0 Å². The largest absolute Gasteiger partial charge is 0.441 e. The first kappa shape index (κ1) is 10.6. The Labute approximate surface area is 95.8 Å². The van der Waals surface area contributed by atoms with Crippen LogP contribution in [-0.2, 0) is 0 Å². The second-order valence-electron chi connectivity index (χ2n) is 3.17. The number of oxazole rings is 1. The zero-order valence-corrected chi connectivity index (χ0v) is 9.06. The summed E-state index contributed by atoms with van der Waals surface area (Å²) in [6, 6.07) is 4.43. The molecule has 0 unspecified atom stereocenters. The molecule has 5 nitrogen and oxygen atoms in total. The third kappa shape index (κ3) is 1.77. The Hall–Kier alpha value is -1.88. The maximum Gasteiger partial charge on any atom is 0.283 e. The average molecular weight is 239 g/mol. The number of nitro benzene ring substituents is 1. The van der Waals surface area contributed by atoms with Crippen molar-refractivity contribution in [3.8, 4) is 11.5 Å². The van der Waals surface area contributed by atoms with Crippen molar-refractivity contribution < 1.29 is 9.34 Å². The van der Waals surface area contributed by atoms with E-state index in [1.165, 1.54) is 18.3 Å². The van der Waals surface area contributed by atoms with Gasteiger partial charge >= 0.3 is 0 Å². The molecule has 0 aliphatic carbocycles. The van der Waals surface area contributed by atoms with E-state index in [-0.39, 0.29) is 22.2 Å². The van der Waals surface area contributed by atoms with Gasteiger partial charge in [-0.15, -0.1) is 0 Å². The molecule has 0 saturated heterocycles. The van der Waals surface area contributed by atoms with Gasteiger partial charge in [-0.25, -0.2) is 4.98 Å². The fourth-order valence-corrected chi connectivity index (χ4v) is 1.60. The summed E-state index contributed by atoms with van der Waals surface area (Å²) >= 11 is 5.91. The summed E-state index contributed by atoms with van der Waals surface area (Å²) in [5.74, 6) is 0.735. The Bertz CT molecular complexity index is 551. The standard InChI is InChI=1S/C10H7ClN2O3/c1-6-5-12-10(16-6)9-7(11)3-2-4-8(9)13(14)15/h2-5H,1H3. The minimum absolute atomic E-state index is 0.116. The first-order valence-electron chi connectivity index (χ1n) is 4.45. The number of benzene rings is 1. The van der Waals surface area contributed by atoms with Gasteiger partial charge < -0.3 is 4.42 Å². The normalized spacial score (nSPS) is 10.4. The van der Waals surface area contributed by atoms with Crippen molar-refractivity contribution in [2.24, 2.45) is 0 Å². The quantitative estimate of drug-likeness (QED) is 0.595. The average Bonchev–Trinajstić information content (AvgIpc) is 2.64. The lowest BCUT2D eigenvalue weighted by atomic mass is 10.2. The van der Waals surface area contributed by atoms with Gasteiger partial charge in [0.05, 0.1) is 16.1 Å². The fourth-order valence-electron chi connectivity index (χ4n) is 1.35. The van der Waals surface area contributed by atoms with Crippen molar-refractivity contribution in [1.82, 2.24) is 4.98 Å². The van der Waals surface area contributed by atoms with Crippen LogP contribution in [0.1, 0.15) is 5.76 Å². The van der Waals surface area contributed by atoms with E-state index >= 15 is 0 Å². The molecule has 0 aliphatic heterocycles. The van der Waals surface area contributed by atoms with Gasteiger partial charge in [-0.1, -0.05) is 17.7 Å². The van der Waals surface area contributed by atoms with E-state index in [4.69, 9.17) is 16.0 Å². The van der Waals surface area contributed by atoms with Gasteiger partial charge in [0.15, 0.2) is 0 Å². The summed E-state index contributed by atoms with van der Waals surface area (Å²) in [5.41, 5.74) is 0.0941. The number of aromatic nitrogens is 1. The molecule has 2 aromatic rings. The summed E-state index contributed by atoms with van der Waals surface area (Å²) in [4.78, 5) is 14.3. The molecular weight excluding hydrogens is 232 g/mol. The van der Waals surface area contributed by atoms with Crippen molar-refractivity contribution >= 4 is 17.3 Å². The molecule has 0 radical (unpaired) electrons. The Kier molecular flexibility index (Phi) is 2.62. The lowest BCUT2D eigenvalue weighted by Gasteiger charge is -2.00. The summed E-state index contributed by atoms with van der Waals surface area (Å²) in [6.07, 6.45) is 1.49. The van der Waals surface area contributed by atoms with E-state index in [1.807, 2.05) is 0 Å². The number of nitro groups is 1. The van der Waals surface area contributed by atoms with Crippen molar-refractivity contribution in [1.29, 1.82) is 0 Å². The molecule has 0 aliphatic rings. The number of halogens is 1. The van der Waals surface area contributed by atoms with Crippen molar-refractivity contribution in [2.45, 2.75) is 6.92 Å². The molecular formula is C10H7ClN2O3. The number of hydrogen-bond donors (Lipinski definition) is 0. The molecule has 0 fully saturated rings. The molecule has 0 bridgehead atoms. The number of hydrogen-bond acceptors (Lipinski definition) is 4. The SMILES string of the molecule is Cc1cnc(-c2c(Cl)cccc2[N+](=O)[O-])o1. The van der Waals surface area contributed by atoms with Crippen molar-refractivity contribution in [3.05, 3.63) is 45.3 Å². The lowest BCUT2D eigenvalue weighted by Crippen LogP contribution is -1.92. The topological polar surface area (TPSA) is 69.2 Å². The molecule has 0 amide bonds. The van der Waals surface area contributed by atoms with Crippen LogP contribution in [-0.4, -0.2) is 9.91 Å². The van der Waals surface area contributed by atoms with Gasteiger partial charge in [-0.2, -0.15) is 0 Å². The van der Waals surface area contributed by atoms with Crippen LogP contribution in [0.25, 0.3) is 11.5 Å². The summed E-state index contributed by atoms with van der Waals surface area (Å²) in [6.45, 7) is 1.71. The van der Waals surface area contributed by atoms with Gasteiger partial charge in [0, 0.05) is 6.07 Å². The van der Waals surface area contributed by atoms with Gasteiger partial charge in [0.2, 0.25) is 5.89 Å². The molecule has 1 aromatic carbocycles. The molecule has 16 heavy (non-hydrogen) atoms. The number of rotatable bonds is 2. The molecule has 6 heteroatoms. The van der Waals surface area contributed by atoms with Crippen molar-refractivity contribution in [2.75, 3.05) is 0 Å². The van der Waals surface area contributed by atoms with E-state index in [1.54, 1.807) is 13.0 Å². The maximum atomic E-state index is 10.8.